The summed E-state index contributed by atoms with van der Waals surface area (Å²) in [5.74, 6) is 0. The molecule has 4 heterocycles. The molecule has 29 heavy (non-hydrogen) atoms. The molecule has 2 aliphatic rings. The zero-order chi connectivity index (χ0) is 20.6. The van der Waals surface area contributed by atoms with E-state index in [0.29, 0.717) is 32.6 Å². The molecule has 2 aromatic rings. The van der Waals surface area contributed by atoms with Gasteiger partial charge in [-0.15, -0.1) is 11.3 Å². The molecule has 156 valence electrons. The Morgan fingerprint density at radius 1 is 1.38 bits per heavy atom. The van der Waals surface area contributed by atoms with Crippen LogP contribution in [0.25, 0.3) is 11.9 Å². The molecule has 0 saturated carbocycles. The minimum absolute atomic E-state index is 0.242. The van der Waals surface area contributed by atoms with Crippen molar-refractivity contribution in [2.45, 2.75) is 33.3 Å². The first kappa shape index (κ1) is 20.6. The SMILES string of the molecule is CCC(C)OP(=O)(O)N1CCN(C2=c3ncccc3=CNc3sc(C)cc32)CC1. The first-order chi connectivity index (χ1) is 13.9. The third-order valence-electron chi connectivity index (χ3n) is 5.35. The molecule has 1 fully saturated rings. The van der Waals surface area contributed by atoms with Gasteiger partial charge in [-0.05, 0) is 38.5 Å². The van der Waals surface area contributed by atoms with Crippen molar-refractivity contribution in [2.24, 2.45) is 0 Å². The van der Waals surface area contributed by atoms with Gasteiger partial charge in [0.05, 0.1) is 17.2 Å². The van der Waals surface area contributed by atoms with Crippen molar-refractivity contribution in [3.8, 4) is 0 Å². The summed E-state index contributed by atoms with van der Waals surface area (Å²) in [6, 6.07) is 6.18. The van der Waals surface area contributed by atoms with E-state index in [1.54, 1.807) is 16.0 Å². The van der Waals surface area contributed by atoms with Crippen LogP contribution in [0, 0.1) is 6.92 Å². The molecule has 2 atom stereocenters. The fourth-order valence-electron chi connectivity index (χ4n) is 3.67. The maximum Gasteiger partial charge on any atom is 0.405 e. The van der Waals surface area contributed by atoms with E-state index in [1.165, 1.54) is 4.88 Å². The fraction of sp³-hybridized carbons (Fsp3) is 0.450. The lowest BCUT2D eigenvalue weighted by Crippen LogP contribution is -2.47. The molecule has 0 amide bonds. The zero-order valence-corrected chi connectivity index (χ0v) is 18.7. The maximum atomic E-state index is 12.7. The Balaban J connectivity index is 1.65. The summed E-state index contributed by atoms with van der Waals surface area (Å²) in [5.41, 5.74) is 2.22. The molecule has 0 bridgehead atoms. The van der Waals surface area contributed by atoms with E-state index in [-0.39, 0.29) is 6.10 Å². The standard InChI is InChI=1S/C20H27N4O3PS/c1-4-14(2)27-28(25,26)24-10-8-23(9-11-24)19-17-12-15(3)29-20(17)22-13-16-6-5-7-21-18(16)19/h5-7,12-14,22H,4,8-11H2,1-3H3,(H,25,26). The Morgan fingerprint density at radius 2 is 2.14 bits per heavy atom. The lowest BCUT2D eigenvalue weighted by molar-refractivity contribution is 0.131. The van der Waals surface area contributed by atoms with Crippen LogP contribution in [0.5, 0.6) is 0 Å². The number of aryl methyl sites for hydroxylation is 1. The van der Waals surface area contributed by atoms with E-state index in [0.717, 1.165) is 26.8 Å². The molecule has 2 unspecified atom stereocenters. The summed E-state index contributed by atoms with van der Waals surface area (Å²) in [4.78, 5) is 18.6. The van der Waals surface area contributed by atoms with Crippen LogP contribution >= 0.6 is 19.1 Å². The predicted molar refractivity (Wildman–Crippen MR) is 117 cm³/mol. The second-order valence-electron chi connectivity index (χ2n) is 7.43. The first-order valence-electron chi connectivity index (χ1n) is 9.93. The first-order valence-corrected chi connectivity index (χ1v) is 12.3. The number of rotatable bonds is 5. The van der Waals surface area contributed by atoms with Gasteiger partial charge < -0.3 is 15.1 Å². The van der Waals surface area contributed by atoms with Crippen molar-refractivity contribution in [3.05, 3.63) is 45.4 Å². The third kappa shape index (κ3) is 4.13. The number of anilines is 1. The van der Waals surface area contributed by atoms with Gasteiger partial charge in [0.15, 0.2) is 0 Å². The van der Waals surface area contributed by atoms with Crippen molar-refractivity contribution >= 4 is 36.0 Å². The average Bonchev–Trinajstić information content (AvgIpc) is 3.00. The number of hydrogen-bond acceptors (Lipinski definition) is 6. The Kier molecular flexibility index (Phi) is 5.82. The predicted octanol–water partition coefficient (Wildman–Crippen LogP) is 2.30. The lowest BCUT2D eigenvalue weighted by atomic mass is 10.1. The Morgan fingerprint density at radius 3 is 2.86 bits per heavy atom. The number of hydrogen-bond donors (Lipinski definition) is 2. The molecule has 2 aromatic heterocycles. The van der Waals surface area contributed by atoms with Crippen LogP contribution in [0.4, 0.5) is 5.00 Å². The molecule has 7 nitrogen and oxygen atoms in total. The zero-order valence-electron chi connectivity index (χ0n) is 17.0. The van der Waals surface area contributed by atoms with Gasteiger partial charge in [-0.25, -0.2) is 9.24 Å². The molecule has 9 heteroatoms. The number of pyridine rings is 1. The number of aromatic nitrogens is 1. The molecule has 2 N–H and O–H groups in total. The Bertz CT molecular complexity index is 1060. The van der Waals surface area contributed by atoms with E-state index >= 15 is 0 Å². The number of nitrogens with one attached hydrogen (secondary N) is 1. The normalized spacial score (nSPS) is 20.0. The van der Waals surface area contributed by atoms with E-state index < -0.39 is 7.75 Å². The summed E-state index contributed by atoms with van der Waals surface area (Å²) in [6.45, 7) is 8.07. The smallest absolute Gasteiger partial charge is 0.367 e. The Labute approximate surface area is 174 Å². The fourth-order valence-corrected chi connectivity index (χ4v) is 5.99. The largest absolute Gasteiger partial charge is 0.405 e. The molecule has 0 spiro atoms. The molecule has 1 saturated heterocycles. The second-order valence-corrected chi connectivity index (χ2v) is 10.4. The van der Waals surface area contributed by atoms with Crippen LogP contribution in [0.1, 0.15) is 30.7 Å². The molecule has 4 rings (SSSR count). The van der Waals surface area contributed by atoms with E-state index in [9.17, 15) is 9.46 Å². The van der Waals surface area contributed by atoms with Crippen molar-refractivity contribution < 1.29 is 14.0 Å². The quantitative estimate of drug-likeness (QED) is 0.700. The van der Waals surface area contributed by atoms with Gasteiger partial charge in [0, 0.05) is 54.2 Å². The van der Waals surface area contributed by atoms with Crippen molar-refractivity contribution in [1.82, 2.24) is 14.6 Å². The second kappa shape index (κ2) is 8.20. The number of piperazine rings is 1. The van der Waals surface area contributed by atoms with Gasteiger partial charge in [0.25, 0.3) is 0 Å². The Hall–Kier alpha value is -1.70. The van der Waals surface area contributed by atoms with Crippen molar-refractivity contribution in [3.63, 3.8) is 0 Å². The molecular weight excluding hydrogens is 407 g/mol. The van der Waals surface area contributed by atoms with Gasteiger partial charge in [-0.2, -0.15) is 0 Å². The number of thiophene rings is 1. The summed E-state index contributed by atoms with van der Waals surface area (Å²) in [7, 11) is -3.78. The summed E-state index contributed by atoms with van der Waals surface area (Å²) >= 11 is 1.72. The van der Waals surface area contributed by atoms with E-state index in [1.807, 2.05) is 32.3 Å². The van der Waals surface area contributed by atoms with Crippen LogP contribution in [0.15, 0.2) is 24.4 Å². The minimum Gasteiger partial charge on any atom is -0.367 e. The van der Waals surface area contributed by atoms with Gasteiger partial charge in [0.2, 0.25) is 0 Å². The van der Waals surface area contributed by atoms with E-state index in [2.05, 4.69) is 34.3 Å². The maximum absolute atomic E-state index is 12.7. The highest BCUT2D eigenvalue weighted by Gasteiger charge is 2.35. The van der Waals surface area contributed by atoms with Gasteiger partial charge in [0.1, 0.15) is 5.00 Å². The number of fused-ring (bicyclic) bond motifs is 2. The molecule has 0 radical (unpaired) electrons. The molecule has 0 aromatic carbocycles. The molecule has 2 aliphatic heterocycles. The molecule has 0 aliphatic carbocycles. The van der Waals surface area contributed by atoms with Gasteiger partial charge in [-0.1, -0.05) is 6.92 Å². The summed E-state index contributed by atoms with van der Waals surface area (Å²) in [6.07, 6.45) is 4.28. The van der Waals surface area contributed by atoms with Gasteiger partial charge >= 0.3 is 7.75 Å². The molecular formula is C20H27N4O3PS. The van der Waals surface area contributed by atoms with Gasteiger partial charge in [-0.3, -0.25) is 9.51 Å². The van der Waals surface area contributed by atoms with Crippen LogP contribution < -0.4 is 15.9 Å². The lowest BCUT2D eigenvalue weighted by Gasteiger charge is -2.38. The average molecular weight is 435 g/mol. The monoisotopic (exact) mass is 434 g/mol. The van der Waals surface area contributed by atoms with Crippen molar-refractivity contribution in [1.29, 1.82) is 0 Å². The highest BCUT2D eigenvalue weighted by Crippen LogP contribution is 2.48. The summed E-state index contributed by atoms with van der Waals surface area (Å²) in [5, 5.41) is 6.50. The van der Waals surface area contributed by atoms with Crippen LogP contribution in [0.2, 0.25) is 0 Å². The van der Waals surface area contributed by atoms with Crippen LogP contribution in [-0.2, 0) is 9.09 Å². The van der Waals surface area contributed by atoms with E-state index in [4.69, 9.17) is 4.52 Å². The number of nitrogens with zero attached hydrogens (tertiary/aromatic N) is 3. The summed E-state index contributed by atoms with van der Waals surface area (Å²) < 4.78 is 19.7. The van der Waals surface area contributed by atoms with Crippen molar-refractivity contribution in [2.75, 3.05) is 31.5 Å². The topological polar surface area (TPSA) is 77.9 Å². The highest BCUT2D eigenvalue weighted by atomic mass is 32.1. The third-order valence-corrected chi connectivity index (χ3v) is 8.09. The minimum atomic E-state index is -3.78. The van der Waals surface area contributed by atoms with Crippen LogP contribution in [-0.4, -0.2) is 51.7 Å². The van der Waals surface area contributed by atoms with Crippen LogP contribution in [0.3, 0.4) is 0 Å². The highest BCUT2D eigenvalue weighted by molar-refractivity contribution is 7.50.